The molecular weight excluding hydrogens is 172 g/mol. The molecule has 0 bridgehead atoms. The molecule has 2 N–H and O–H groups in total. The Balaban J connectivity index is 2.34. The van der Waals surface area contributed by atoms with E-state index >= 15 is 0 Å². The summed E-state index contributed by atoms with van der Waals surface area (Å²) in [5, 5.41) is 0. The maximum Gasteiger partial charge on any atom is 0.0300 e. The fourth-order valence-electron chi connectivity index (χ4n) is 1.36. The largest absolute Gasteiger partial charge is 0.327 e. The van der Waals surface area contributed by atoms with E-state index in [-0.39, 0.29) is 6.04 Å². The first-order valence-electron chi connectivity index (χ1n) is 4.97. The second-order valence-electron chi connectivity index (χ2n) is 3.82. The monoisotopic (exact) mass is 190 g/mol. The van der Waals surface area contributed by atoms with Crippen LogP contribution in [0.1, 0.15) is 25.3 Å². The van der Waals surface area contributed by atoms with Crippen molar-refractivity contribution in [2.75, 3.05) is 0 Å². The van der Waals surface area contributed by atoms with Crippen molar-refractivity contribution in [3.05, 3.63) is 42.2 Å². The molecule has 1 atom stereocenters. The summed E-state index contributed by atoms with van der Waals surface area (Å²) in [7, 11) is 0. The molecule has 0 fully saturated rings. The zero-order valence-corrected chi connectivity index (χ0v) is 8.74. The highest BCUT2D eigenvalue weighted by Gasteiger charge is 2.03. The first kappa shape index (κ1) is 10.9. The Hall–Kier alpha value is -1.15. The third kappa shape index (κ3) is 4.19. The van der Waals surface area contributed by atoms with E-state index < -0.39 is 0 Å². The molecule has 1 rings (SSSR count). The van der Waals surface area contributed by atoms with Crippen molar-refractivity contribution in [1.82, 2.24) is 4.98 Å². The first-order valence-corrected chi connectivity index (χ1v) is 4.97. The average Bonchev–Trinajstić information content (AvgIpc) is 2.16. The average molecular weight is 190 g/mol. The number of pyridine rings is 1. The van der Waals surface area contributed by atoms with Gasteiger partial charge in [0.15, 0.2) is 0 Å². The van der Waals surface area contributed by atoms with Crippen LogP contribution in [0.2, 0.25) is 0 Å². The number of nitrogens with zero attached hydrogens (tertiary/aromatic N) is 1. The molecule has 0 spiro atoms. The molecule has 0 aromatic carbocycles. The number of hydrogen-bond acceptors (Lipinski definition) is 2. The third-order valence-electron chi connectivity index (χ3n) is 2.16. The van der Waals surface area contributed by atoms with Crippen LogP contribution >= 0.6 is 0 Å². The number of aromatic nitrogens is 1. The molecule has 2 heteroatoms. The van der Waals surface area contributed by atoms with E-state index in [4.69, 9.17) is 5.73 Å². The zero-order chi connectivity index (χ0) is 10.4. The van der Waals surface area contributed by atoms with Crippen LogP contribution in [-0.2, 0) is 6.42 Å². The van der Waals surface area contributed by atoms with E-state index in [2.05, 4.69) is 17.6 Å². The van der Waals surface area contributed by atoms with Gasteiger partial charge in [-0.05, 0) is 37.8 Å². The van der Waals surface area contributed by atoms with Crippen molar-refractivity contribution >= 4 is 0 Å². The van der Waals surface area contributed by atoms with Gasteiger partial charge in [0, 0.05) is 18.4 Å². The van der Waals surface area contributed by atoms with Crippen molar-refractivity contribution in [3.63, 3.8) is 0 Å². The minimum Gasteiger partial charge on any atom is -0.327 e. The third-order valence-corrected chi connectivity index (χ3v) is 2.16. The summed E-state index contributed by atoms with van der Waals surface area (Å²) < 4.78 is 0. The van der Waals surface area contributed by atoms with Crippen molar-refractivity contribution < 1.29 is 0 Å². The predicted molar refractivity (Wildman–Crippen MR) is 60.0 cm³/mol. The fourth-order valence-corrected chi connectivity index (χ4v) is 1.36. The van der Waals surface area contributed by atoms with Crippen LogP contribution in [0.25, 0.3) is 0 Å². The molecule has 0 aliphatic carbocycles. The Morgan fingerprint density at radius 2 is 2.43 bits per heavy atom. The molecular formula is C12H18N2. The second-order valence-corrected chi connectivity index (χ2v) is 3.82. The van der Waals surface area contributed by atoms with Gasteiger partial charge in [-0.1, -0.05) is 11.6 Å². The molecule has 1 aromatic heterocycles. The van der Waals surface area contributed by atoms with Gasteiger partial charge in [0.2, 0.25) is 0 Å². The summed E-state index contributed by atoms with van der Waals surface area (Å²) in [6, 6.07) is 4.23. The molecule has 1 unspecified atom stereocenters. The predicted octanol–water partition coefficient (Wildman–Crippen LogP) is 2.31. The van der Waals surface area contributed by atoms with Gasteiger partial charge in [0.25, 0.3) is 0 Å². The summed E-state index contributed by atoms with van der Waals surface area (Å²) in [5.74, 6) is 0. The lowest BCUT2D eigenvalue weighted by molar-refractivity contribution is 0.608. The number of hydrogen-bond donors (Lipinski definition) is 1. The minimum absolute atomic E-state index is 0.218. The van der Waals surface area contributed by atoms with Crippen molar-refractivity contribution in [1.29, 1.82) is 0 Å². The Labute approximate surface area is 85.9 Å². The van der Waals surface area contributed by atoms with E-state index in [9.17, 15) is 0 Å². The topological polar surface area (TPSA) is 38.9 Å². The number of allylic oxidation sites excluding steroid dienone is 1. The Morgan fingerprint density at radius 3 is 3.00 bits per heavy atom. The Kier molecular flexibility index (Phi) is 4.33. The van der Waals surface area contributed by atoms with Crippen LogP contribution in [0.15, 0.2) is 36.7 Å². The molecule has 1 heterocycles. The van der Waals surface area contributed by atoms with Crippen LogP contribution in [0, 0.1) is 0 Å². The molecule has 0 saturated heterocycles. The maximum absolute atomic E-state index is 5.99. The highest BCUT2D eigenvalue weighted by molar-refractivity contribution is 5.10. The van der Waals surface area contributed by atoms with Crippen LogP contribution in [-0.4, -0.2) is 11.0 Å². The van der Waals surface area contributed by atoms with Crippen molar-refractivity contribution in [2.45, 2.75) is 32.2 Å². The van der Waals surface area contributed by atoms with Gasteiger partial charge in [-0.3, -0.25) is 4.98 Å². The van der Waals surface area contributed by atoms with Crippen LogP contribution in [0.3, 0.4) is 0 Å². The molecule has 1 aromatic rings. The number of nitrogens with two attached hydrogens (primary N) is 1. The van der Waals surface area contributed by atoms with Gasteiger partial charge >= 0.3 is 0 Å². The molecule has 0 radical (unpaired) electrons. The standard InChI is InChI=1S/C12H18N2/c1-10(2)5-6-12(13)8-11-4-3-7-14-9-11/h3-4,7,9,12H,1,5-6,8,13H2,2H3. The highest BCUT2D eigenvalue weighted by Crippen LogP contribution is 2.07. The van der Waals surface area contributed by atoms with Gasteiger partial charge < -0.3 is 5.73 Å². The van der Waals surface area contributed by atoms with Gasteiger partial charge in [0.1, 0.15) is 0 Å². The SMILES string of the molecule is C=C(C)CCC(N)Cc1cccnc1. The molecule has 14 heavy (non-hydrogen) atoms. The zero-order valence-electron chi connectivity index (χ0n) is 8.74. The summed E-state index contributed by atoms with van der Waals surface area (Å²) in [4.78, 5) is 4.06. The van der Waals surface area contributed by atoms with Crippen LogP contribution in [0.4, 0.5) is 0 Å². The van der Waals surface area contributed by atoms with Gasteiger partial charge in [-0.2, -0.15) is 0 Å². The van der Waals surface area contributed by atoms with E-state index in [1.165, 1.54) is 11.1 Å². The number of rotatable bonds is 5. The first-order chi connectivity index (χ1) is 6.68. The minimum atomic E-state index is 0.218. The quantitative estimate of drug-likeness (QED) is 0.724. The molecule has 0 amide bonds. The normalized spacial score (nSPS) is 12.4. The second kappa shape index (κ2) is 5.55. The molecule has 0 saturated carbocycles. The van der Waals surface area contributed by atoms with Crippen molar-refractivity contribution in [3.8, 4) is 0 Å². The van der Waals surface area contributed by atoms with E-state index in [0.29, 0.717) is 0 Å². The lowest BCUT2D eigenvalue weighted by Crippen LogP contribution is -2.22. The molecule has 0 aliphatic rings. The van der Waals surface area contributed by atoms with Gasteiger partial charge in [0.05, 0.1) is 0 Å². The van der Waals surface area contributed by atoms with Crippen molar-refractivity contribution in [2.24, 2.45) is 5.73 Å². The Morgan fingerprint density at radius 1 is 1.64 bits per heavy atom. The van der Waals surface area contributed by atoms with Crippen LogP contribution in [0.5, 0.6) is 0 Å². The lowest BCUT2D eigenvalue weighted by atomic mass is 10.0. The molecule has 0 aliphatic heterocycles. The van der Waals surface area contributed by atoms with Crippen LogP contribution < -0.4 is 5.73 Å². The summed E-state index contributed by atoms with van der Waals surface area (Å²) in [6.45, 7) is 5.90. The van der Waals surface area contributed by atoms with E-state index in [1.807, 2.05) is 19.2 Å². The van der Waals surface area contributed by atoms with Gasteiger partial charge in [-0.15, -0.1) is 6.58 Å². The van der Waals surface area contributed by atoms with E-state index in [1.54, 1.807) is 6.20 Å². The summed E-state index contributed by atoms with van der Waals surface area (Å²) >= 11 is 0. The van der Waals surface area contributed by atoms with Gasteiger partial charge in [-0.25, -0.2) is 0 Å². The lowest BCUT2D eigenvalue weighted by Gasteiger charge is -2.10. The Bertz CT molecular complexity index is 280. The molecule has 76 valence electrons. The molecule has 2 nitrogen and oxygen atoms in total. The van der Waals surface area contributed by atoms with E-state index in [0.717, 1.165) is 19.3 Å². The fraction of sp³-hybridized carbons (Fsp3) is 0.417. The maximum atomic E-state index is 5.99. The summed E-state index contributed by atoms with van der Waals surface area (Å²) in [5.41, 5.74) is 8.40. The smallest absolute Gasteiger partial charge is 0.0300 e. The highest BCUT2D eigenvalue weighted by atomic mass is 14.6. The summed E-state index contributed by atoms with van der Waals surface area (Å²) in [6.07, 6.45) is 6.58.